The van der Waals surface area contributed by atoms with E-state index in [9.17, 15) is 8.78 Å². The fourth-order valence-electron chi connectivity index (χ4n) is 2.97. The van der Waals surface area contributed by atoms with Crippen LogP contribution in [-0.2, 0) is 16.9 Å². The highest BCUT2D eigenvalue weighted by atomic mass is 35.5. The maximum atomic E-state index is 13.2. The van der Waals surface area contributed by atoms with Crippen LogP contribution in [0, 0.1) is 0 Å². The van der Waals surface area contributed by atoms with E-state index >= 15 is 0 Å². The van der Waals surface area contributed by atoms with Crippen LogP contribution < -0.4 is 4.90 Å². The molecule has 0 aliphatic carbocycles. The molecule has 6 nitrogen and oxygen atoms in total. The van der Waals surface area contributed by atoms with Crippen molar-refractivity contribution < 1.29 is 13.5 Å². The number of anilines is 1. The number of imidazole rings is 1. The van der Waals surface area contributed by atoms with Crippen molar-refractivity contribution >= 4 is 28.6 Å². The molecule has 4 rings (SSSR count). The Morgan fingerprint density at radius 3 is 2.59 bits per heavy atom. The van der Waals surface area contributed by atoms with Crippen molar-refractivity contribution in [3.63, 3.8) is 0 Å². The molecular weight excluding hydrogens is 316 g/mol. The van der Waals surface area contributed by atoms with E-state index in [1.165, 1.54) is 4.90 Å². The SMILES string of the molecule is CC1(C)OCCn2c1nc1c(N3CC(F)(F)C3)nc(Cl)nc12. The molecule has 0 aromatic carbocycles. The summed E-state index contributed by atoms with van der Waals surface area (Å²) in [6.07, 6.45) is 0. The molecule has 0 saturated carbocycles. The third-order valence-electron chi connectivity index (χ3n) is 4.01. The van der Waals surface area contributed by atoms with Crippen LogP contribution in [-0.4, -0.2) is 45.1 Å². The molecule has 0 atom stereocenters. The quantitative estimate of drug-likeness (QED) is 0.751. The van der Waals surface area contributed by atoms with Crippen molar-refractivity contribution in [3.05, 3.63) is 11.1 Å². The second-order valence-corrected chi connectivity index (χ2v) is 6.48. The average molecular weight is 330 g/mol. The highest BCUT2D eigenvalue weighted by Gasteiger charge is 2.46. The van der Waals surface area contributed by atoms with Gasteiger partial charge in [-0.3, -0.25) is 0 Å². The van der Waals surface area contributed by atoms with Gasteiger partial charge in [0.25, 0.3) is 5.92 Å². The third-order valence-corrected chi connectivity index (χ3v) is 4.18. The number of nitrogens with zero attached hydrogens (tertiary/aromatic N) is 5. The minimum absolute atomic E-state index is 0.0321. The summed E-state index contributed by atoms with van der Waals surface area (Å²) >= 11 is 5.98. The van der Waals surface area contributed by atoms with E-state index in [2.05, 4.69) is 15.0 Å². The van der Waals surface area contributed by atoms with Crippen LogP contribution >= 0.6 is 11.6 Å². The number of fused-ring (bicyclic) bond motifs is 3. The normalized spacial score (nSPS) is 22.5. The molecule has 0 bridgehead atoms. The molecule has 4 heterocycles. The number of hydrogen-bond donors (Lipinski definition) is 0. The summed E-state index contributed by atoms with van der Waals surface area (Å²) in [6, 6.07) is 0. The molecule has 0 unspecified atom stereocenters. The number of halogens is 3. The van der Waals surface area contributed by atoms with Gasteiger partial charge in [-0.15, -0.1) is 0 Å². The van der Waals surface area contributed by atoms with Gasteiger partial charge >= 0.3 is 0 Å². The first-order valence-electron chi connectivity index (χ1n) is 6.98. The molecule has 2 aromatic rings. The fourth-order valence-corrected chi connectivity index (χ4v) is 3.13. The molecule has 2 aromatic heterocycles. The standard InChI is InChI=1S/C13H14ClF2N5O/c1-12(2)10-17-7-8(20-5-13(15,16)6-20)18-11(14)19-9(7)21(10)3-4-22-12/h3-6H2,1-2H3. The van der Waals surface area contributed by atoms with Crippen LogP contribution in [0.2, 0.25) is 5.28 Å². The highest BCUT2D eigenvalue weighted by Crippen LogP contribution is 2.37. The van der Waals surface area contributed by atoms with Gasteiger partial charge in [0.05, 0.1) is 19.7 Å². The molecule has 1 saturated heterocycles. The van der Waals surface area contributed by atoms with Gasteiger partial charge in [0, 0.05) is 6.54 Å². The molecule has 2 aliphatic heterocycles. The molecule has 0 radical (unpaired) electrons. The summed E-state index contributed by atoms with van der Waals surface area (Å²) in [4.78, 5) is 14.4. The second-order valence-electron chi connectivity index (χ2n) is 6.15. The van der Waals surface area contributed by atoms with Gasteiger partial charge in [-0.2, -0.15) is 9.97 Å². The molecule has 9 heteroatoms. The Morgan fingerprint density at radius 1 is 1.18 bits per heavy atom. The lowest BCUT2D eigenvalue weighted by Gasteiger charge is -2.39. The van der Waals surface area contributed by atoms with E-state index in [0.717, 1.165) is 0 Å². The first-order chi connectivity index (χ1) is 10.3. The predicted octanol–water partition coefficient (Wildman–Crippen LogP) is 2.20. The molecule has 0 N–H and O–H groups in total. The number of hydrogen-bond acceptors (Lipinski definition) is 5. The summed E-state index contributed by atoms with van der Waals surface area (Å²) in [6.45, 7) is 4.20. The van der Waals surface area contributed by atoms with E-state index < -0.39 is 11.5 Å². The molecule has 1 fully saturated rings. The van der Waals surface area contributed by atoms with Crippen LogP contribution in [0.5, 0.6) is 0 Å². The molecule has 2 aliphatic rings. The molecule has 22 heavy (non-hydrogen) atoms. The lowest BCUT2D eigenvalue weighted by Crippen LogP contribution is -2.56. The van der Waals surface area contributed by atoms with Crippen molar-refractivity contribution in [2.45, 2.75) is 31.9 Å². The monoisotopic (exact) mass is 329 g/mol. The summed E-state index contributed by atoms with van der Waals surface area (Å²) < 4.78 is 34.0. The first-order valence-corrected chi connectivity index (χ1v) is 7.36. The van der Waals surface area contributed by atoms with Crippen molar-refractivity contribution in [2.24, 2.45) is 0 Å². The van der Waals surface area contributed by atoms with E-state index in [1.54, 1.807) is 0 Å². The summed E-state index contributed by atoms with van der Waals surface area (Å²) in [5.41, 5.74) is 0.492. The van der Waals surface area contributed by atoms with Crippen molar-refractivity contribution in [1.29, 1.82) is 0 Å². The van der Waals surface area contributed by atoms with E-state index in [-0.39, 0.29) is 18.4 Å². The first kappa shape index (κ1) is 14.1. The Labute approximate surface area is 130 Å². The summed E-state index contributed by atoms with van der Waals surface area (Å²) in [7, 11) is 0. The Morgan fingerprint density at radius 2 is 1.91 bits per heavy atom. The fraction of sp³-hybridized carbons (Fsp3) is 0.615. The zero-order valence-electron chi connectivity index (χ0n) is 12.1. The Kier molecular flexibility index (Phi) is 2.73. The molecule has 0 amide bonds. The van der Waals surface area contributed by atoms with E-state index in [4.69, 9.17) is 16.3 Å². The molecular formula is C13H14ClF2N5O. The van der Waals surface area contributed by atoms with Crippen LogP contribution in [0.15, 0.2) is 0 Å². The lowest BCUT2D eigenvalue weighted by molar-refractivity contribution is -0.0530. The Bertz CT molecular complexity index is 767. The van der Waals surface area contributed by atoms with Gasteiger partial charge in [-0.25, -0.2) is 13.8 Å². The largest absolute Gasteiger partial charge is 0.366 e. The average Bonchev–Trinajstić information content (AvgIpc) is 2.75. The zero-order valence-corrected chi connectivity index (χ0v) is 12.9. The summed E-state index contributed by atoms with van der Waals surface area (Å²) in [5, 5.41) is 0.0321. The van der Waals surface area contributed by atoms with Gasteiger partial charge in [-0.05, 0) is 25.4 Å². The highest BCUT2D eigenvalue weighted by molar-refractivity contribution is 6.28. The number of alkyl halides is 2. The number of aromatic nitrogens is 4. The maximum Gasteiger partial charge on any atom is 0.282 e. The van der Waals surface area contributed by atoms with Gasteiger partial charge in [0.2, 0.25) is 5.28 Å². The number of ether oxygens (including phenoxy) is 1. The van der Waals surface area contributed by atoms with Crippen LogP contribution in [0.1, 0.15) is 19.7 Å². The van der Waals surface area contributed by atoms with Crippen molar-refractivity contribution in [2.75, 3.05) is 24.6 Å². The van der Waals surface area contributed by atoms with E-state index in [0.29, 0.717) is 36.0 Å². The predicted molar refractivity (Wildman–Crippen MR) is 76.5 cm³/mol. The van der Waals surface area contributed by atoms with E-state index in [1.807, 2.05) is 18.4 Å². The minimum atomic E-state index is -2.69. The lowest BCUT2D eigenvalue weighted by atomic mass is 10.1. The van der Waals surface area contributed by atoms with Gasteiger partial charge < -0.3 is 14.2 Å². The zero-order chi connectivity index (χ0) is 15.7. The number of rotatable bonds is 1. The van der Waals surface area contributed by atoms with Gasteiger partial charge in [0.15, 0.2) is 17.0 Å². The topological polar surface area (TPSA) is 56.1 Å². The third kappa shape index (κ3) is 1.97. The van der Waals surface area contributed by atoms with Crippen LogP contribution in [0.25, 0.3) is 11.2 Å². The van der Waals surface area contributed by atoms with Gasteiger partial charge in [-0.1, -0.05) is 0 Å². The van der Waals surface area contributed by atoms with Gasteiger partial charge in [0.1, 0.15) is 11.4 Å². The van der Waals surface area contributed by atoms with Crippen molar-refractivity contribution in [1.82, 2.24) is 19.5 Å². The Balaban J connectivity index is 1.90. The summed E-state index contributed by atoms with van der Waals surface area (Å²) in [5.74, 6) is -1.62. The Hall–Kier alpha value is -1.54. The van der Waals surface area contributed by atoms with Crippen LogP contribution in [0.4, 0.5) is 14.6 Å². The second kappa shape index (κ2) is 4.26. The molecule has 0 spiro atoms. The smallest absolute Gasteiger partial charge is 0.282 e. The van der Waals surface area contributed by atoms with Crippen LogP contribution in [0.3, 0.4) is 0 Å². The minimum Gasteiger partial charge on any atom is -0.366 e. The maximum absolute atomic E-state index is 13.2. The van der Waals surface area contributed by atoms with Crippen molar-refractivity contribution in [3.8, 4) is 0 Å². The molecule has 118 valence electrons.